The molecule has 1 saturated heterocycles. The molecule has 3 aromatic rings. The van der Waals surface area contributed by atoms with Gasteiger partial charge in [0.05, 0.1) is 4.90 Å². The zero-order valence-corrected chi connectivity index (χ0v) is 21.3. The predicted octanol–water partition coefficient (Wildman–Crippen LogP) is 4.13. The van der Waals surface area contributed by atoms with Crippen LogP contribution in [0.2, 0.25) is 5.02 Å². The Bertz CT molecular complexity index is 1310. The molecule has 0 saturated carbocycles. The molecule has 0 bridgehead atoms. The zero-order chi connectivity index (χ0) is 25.5. The van der Waals surface area contributed by atoms with Gasteiger partial charge in [-0.2, -0.15) is 4.31 Å². The fourth-order valence-corrected chi connectivity index (χ4v) is 6.05. The Hall–Kier alpha value is -3.20. The van der Waals surface area contributed by atoms with Gasteiger partial charge in [-0.05, 0) is 60.7 Å². The van der Waals surface area contributed by atoms with E-state index in [0.29, 0.717) is 35.7 Å². The van der Waals surface area contributed by atoms with Gasteiger partial charge in [0.1, 0.15) is 6.04 Å². The van der Waals surface area contributed by atoms with E-state index in [1.54, 1.807) is 36.4 Å². The molecule has 1 aliphatic rings. The summed E-state index contributed by atoms with van der Waals surface area (Å²) < 4.78 is 28.6. The first-order valence-corrected chi connectivity index (χ1v) is 13.6. The normalized spacial score (nSPS) is 16.3. The maximum Gasteiger partial charge on any atom is 0.251 e. The van der Waals surface area contributed by atoms with Crippen molar-refractivity contribution in [2.75, 3.05) is 6.54 Å². The van der Waals surface area contributed by atoms with Crippen LogP contribution in [-0.4, -0.2) is 37.1 Å². The van der Waals surface area contributed by atoms with Gasteiger partial charge in [0.15, 0.2) is 0 Å². The first-order valence-electron chi connectivity index (χ1n) is 11.8. The third-order valence-corrected chi connectivity index (χ3v) is 8.19. The van der Waals surface area contributed by atoms with Gasteiger partial charge in [-0.1, -0.05) is 60.1 Å². The molecular formula is C27H28ClN3O4S. The van der Waals surface area contributed by atoms with Crippen LogP contribution in [0.1, 0.15) is 40.7 Å². The van der Waals surface area contributed by atoms with Crippen molar-refractivity contribution >= 4 is 33.4 Å². The molecular weight excluding hydrogens is 498 g/mol. The van der Waals surface area contributed by atoms with Gasteiger partial charge < -0.3 is 10.6 Å². The number of carbonyl (C=O) groups excluding carboxylic acids is 2. The number of sulfonamides is 1. The molecule has 2 N–H and O–H groups in total. The van der Waals surface area contributed by atoms with E-state index in [1.807, 2.05) is 30.3 Å². The molecule has 1 aliphatic heterocycles. The van der Waals surface area contributed by atoms with Gasteiger partial charge >= 0.3 is 0 Å². The summed E-state index contributed by atoms with van der Waals surface area (Å²) in [6, 6.07) is 21.5. The van der Waals surface area contributed by atoms with E-state index < -0.39 is 16.1 Å². The summed E-state index contributed by atoms with van der Waals surface area (Å²) >= 11 is 6.07. The van der Waals surface area contributed by atoms with Crippen molar-refractivity contribution in [2.24, 2.45) is 0 Å². The minimum absolute atomic E-state index is 0.0150. The summed E-state index contributed by atoms with van der Waals surface area (Å²) in [5.41, 5.74) is 2.12. The lowest BCUT2D eigenvalue weighted by Gasteiger charge is -2.29. The summed E-state index contributed by atoms with van der Waals surface area (Å²) in [7, 11) is -4.03. The molecule has 0 spiro atoms. The molecule has 4 rings (SSSR count). The van der Waals surface area contributed by atoms with Crippen molar-refractivity contribution < 1.29 is 18.0 Å². The Morgan fingerprint density at radius 1 is 0.972 bits per heavy atom. The van der Waals surface area contributed by atoms with Crippen LogP contribution < -0.4 is 10.6 Å². The molecule has 3 aromatic carbocycles. The smallest absolute Gasteiger partial charge is 0.251 e. The van der Waals surface area contributed by atoms with E-state index in [9.17, 15) is 18.0 Å². The maximum atomic E-state index is 13.7. The lowest BCUT2D eigenvalue weighted by atomic mass is 10.1. The number of halogens is 1. The molecule has 1 atom stereocenters. The number of nitrogens with zero attached hydrogens (tertiary/aromatic N) is 1. The molecule has 7 nitrogen and oxygen atoms in total. The molecule has 9 heteroatoms. The van der Waals surface area contributed by atoms with Gasteiger partial charge in [-0.3, -0.25) is 9.59 Å². The highest BCUT2D eigenvalue weighted by molar-refractivity contribution is 7.89. The topological polar surface area (TPSA) is 95.6 Å². The van der Waals surface area contributed by atoms with Crippen LogP contribution in [0.4, 0.5) is 0 Å². The highest BCUT2D eigenvalue weighted by Crippen LogP contribution is 2.26. The highest BCUT2D eigenvalue weighted by atomic mass is 35.5. The average Bonchev–Trinajstić information content (AvgIpc) is 3.10. The molecule has 0 aromatic heterocycles. The van der Waals surface area contributed by atoms with Gasteiger partial charge in [0, 0.05) is 30.2 Å². The second-order valence-corrected chi connectivity index (χ2v) is 11.0. The number of nitrogens with one attached hydrogen (secondary N) is 2. The third kappa shape index (κ3) is 6.32. The second kappa shape index (κ2) is 11.7. The predicted molar refractivity (Wildman–Crippen MR) is 139 cm³/mol. The van der Waals surface area contributed by atoms with E-state index in [-0.39, 0.29) is 23.3 Å². The highest BCUT2D eigenvalue weighted by Gasteiger charge is 2.36. The molecule has 36 heavy (non-hydrogen) atoms. The van der Waals surface area contributed by atoms with Crippen LogP contribution in [0.15, 0.2) is 83.8 Å². The van der Waals surface area contributed by atoms with Crippen molar-refractivity contribution in [2.45, 2.75) is 43.3 Å². The molecule has 2 amide bonds. The lowest BCUT2D eigenvalue weighted by Crippen LogP contribution is -2.48. The molecule has 1 fully saturated rings. The zero-order valence-electron chi connectivity index (χ0n) is 19.7. The van der Waals surface area contributed by atoms with E-state index in [4.69, 9.17) is 11.6 Å². The SMILES string of the molecule is O=C(NCc1ccccc1)c1ccc(CN([C@@H]2CCCCNC2=O)S(=O)(=O)c2cccc(Cl)c2)cc1. The third-order valence-electron chi connectivity index (χ3n) is 6.11. The molecule has 0 radical (unpaired) electrons. The monoisotopic (exact) mass is 525 g/mol. The minimum Gasteiger partial charge on any atom is -0.355 e. The average molecular weight is 526 g/mol. The van der Waals surface area contributed by atoms with Gasteiger partial charge in [-0.15, -0.1) is 0 Å². The first-order chi connectivity index (χ1) is 17.3. The summed E-state index contributed by atoms with van der Waals surface area (Å²) in [4.78, 5) is 25.4. The van der Waals surface area contributed by atoms with Crippen LogP contribution in [0.3, 0.4) is 0 Å². The van der Waals surface area contributed by atoms with E-state index >= 15 is 0 Å². The minimum atomic E-state index is -4.03. The number of rotatable bonds is 8. The van der Waals surface area contributed by atoms with Crippen molar-refractivity contribution in [3.05, 3.63) is 101 Å². The number of hydrogen-bond acceptors (Lipinski definition) is 4. The fourth-order valence-electron chi connectivity index (χ4n) is 4.15. The Kier molecular flexibility index (Phi) is 8.40. The van der Waals surface area contributed by atoms with Crippen molar-refractivity contribution in [3.8, 4) is 0 Å². The lowest BCUT2D eigenvalue weighted by molar-refractivity contribution is -0.124. The van der Waals surface area contributed by atoms with Crippen LogP contribution in [0.5, 0.6) is 0 Å². The maximum absolute atomic E-state index is 13.7. The first kappa shape index (κ1) is 25.9. The van der Waals surface area contributed by atoms with Gasteiger partial charge in [0.2, 0.25) is 15.9 Å². The number of hydrogen-bond donors (Lipinski definition) is 2. The van der Waals surface area contributed by atoms with E-state index in [2.05, 4.69) is 10.6 Å². The summed E-state index contributed by atoms with van der Waals surface area (Å²) in [5.74, 6) is -0.535. The Labute approximate surface area is 216 Å². The van der Waals surface area contributed by atoms with Crippen LogP contribution in [-0.2, 0) is 27.9 Å². The standard InChI is InChI=1S/C27H28ClN3O4S/c28-23-9-6-10-24(17-23)36(34,35)31(25-11-4-5-16-29-27(25)33)19-21-12-14-22(15-13-21)26(32)30-18-20-7-2-1-3-8-20/h1-3,6-10,12-15,17,25H,4-5,11,16,18-19H2,(H,29,33)(H,30,32)/t25-/m1/s1. The molecule has 188 valence electrons. The molecule has 0 unspecified atom stereocenters. The quantitative estimate of drug-likeness (QED) is 0.462. The van der Waals surface area contributed by atoms with Crippen molar-refractivity contribution in [3.63, 3.8) is 0 Å². The molecule has 0 aliphatic carbocycles. The molecule has 1 heterocycles. The summed E-state index contributed by atoms with van der Waals surface area (Å²) in [5, 5.41) is 6.00. The number of carbonyl (C=O) groups is 2. The largest absolute Gasteiger partial charge is 0.355 e. The van der Waals surface area contributed by atoms with Crippen LogP contribution >= 0.6 is 11.6 Å². The number of amides is 2. The number of benzene rings is 3. The second-order valence-electron chi connectivity index (χ2n) is 8.68. The van der Waals surface area contributed by atoms with E-state index in [1.165, 1.54) is 16.4 Å². The van der Waals surface area contributed by atoms with Crippen LogP contribution in [0.25, 0.3) is 0 Å². The summed E-state index contributed by atoms with van der Waals surface area (Å²) in [6.07, 6.45) is 1.94. The van der Waals surface area contributed by atoms with Crippen molar-refractivity contribution in [1.82, 2.24) is 14.9 Å². The Morgan fingerprint density at radius 2 is 1.72 bits per heavy atom. The Morgan fingerprint density at radius 3 is 2.44 bits per heavy atom. The summed E-state index contributed by atoms with van der Waals surface area (Å²) in [6.45, 7) is 0.913. The van der Waals surface area contributed by atoms with Gasteiger partial charge in [0.25, 0.3) is 5.91 Å². The van der Waals surface area contributed by atoms with Crippen molar-refractivity contribution in [1.29, 1.82) is 0 Å². The fraction of sp³-hybridized carbons (Fsp3) is 0.259. The van der Waals surface area contributed by atoms with Crippen LogP contribution in [0, 0.1) is 0 Å². The van der Waals surface area contributed by atoms with E-state index in [0.717, 1.165) is 18.4 Å². The Balaban J connectivity index is 1.55. The van der Waals surface area contributed by atoms with Gasteiger partial charge in [-0.25, -0.2) is 8.42 Å².